The topological polar surface area (TPSA) is 49.4 Å². The van der Waals surface area contributed by atoms with Crippen LogP contribution in [0.3, 0.4) is 0 Å². The molecule has 4 heteroatoms. The fraction of sp³-hybridized carbons (Fsp3) is 0.462. The number of carbonyl (C=O) groups is 2. The summed E-state index contributed by atoms with van der Waals surface area (Å²) in [5.41, 5.74) is 4.86. The molecule has 30 heavy (non-hydrogen) atoms. The second-order valence-corrected chi connectivity index (χ2v) is 8.90. The van der Waals surface area contributed by atoms with E-state index in [1.165, 1.54) is 16.7 Å². The summed E-state index contributed by atoms with van der Waals surface area (Å²) in [7, 11) is 0. The van der Waals surface area contributed by atoms with Crippen LogP contribution >= 0.6 is 0 Å². The minimum absolute atomic E-state index is 0.0110. The second kappa shape index (κ2) is 8.63. The van der Waals surface area contributed by atoms with E-state index in [-0.39, 0.29) is 23.7 Å². The van der Waals surface area contributed by atoms with E-state index in [0.29, 0.717) is 6.54 Å². The molecule has 1 fully saturated rings. The zero-order chi connectivity index (χ0) is 21.3. The predicted molar refractivity (Wildman–Crippen MR) is 119 cm³/mol. The van der Waals surface area contributed by atoms with Gasteiger partial charge in [-0.1, -0.05) is 80.8 Å². The lowest BCUT2D eigenvalue weighted by atomic mass is 9.86. The van der Waals surface area contributed by atoms with E-state index >= 15 is 0 Å². The number of nitrogens with zero attached hydrogens (tertiary/aromatic N) is 1. The minimum Gasteiger partial charge on any atom is -0.342 e. The smallest absolute Gasteiger partial charge is 0.246 e. The van der Waals surface area contributed by atoms with E-state index in [2.05, 4.69) is 68.6 Å². The molecule has 1 aliphatic carbocycles. The Morgan fingerprint density at radius 2 is 1.67 bits per heavy atom. The van der Waals surface area contributed by atoms with Gasteiger partial charge in [-0.3, -0.25) is 9.59 Å². The molecular formula is C26H32N2O2. The fourth-order valence-electron chi connectivity index (χ4n) is 5.29. The quantitative estimate of drug-likeness (QED) is 0.790. The lowest BCUT2D eigenvalue weighted by Crippen LogP contribution is -2.66. The highest BCUT2D eigenvalue weighted by atomic mass is 16.2. The first-order chi connectivity index (χ1) is 14.5. The van der Waals surface area contributed by atoms with Gasteiger partial charge in [0.25, 0.3) is 0 Å². The number of piperazine rings is 1. The molecule has 2 aliphatic rings. The molecule has 0 aromatic heterocycles. The zero-order valence-electron chi connectivity index (χ0n) is 18.2. The van der Waals surface area contributed by atoms with E-state index in [1.807, 2.05) is 11.0 Å². The highest BCUT2D eigenvalue weighted by Gasteiger charge is 2.46. The van der Waals surface area contributed by atoms with Crippen molar-refractivity contribution in [2.24, 2.45) is 11.8 Å². The van der Waals surface area contributed by atoms with Crippen LogP contribution in [0.2, 0.25) is 0 Å². The Morgan fingerprint density at radius 3 is 2.27 bits per heavy atom. The molecule has 158 valence electrons. The number of carbonyl (C=O) groups excluding carboxylic acids is 2. The number of aryl methyl sites for hydroxylation is 1. The molecule has 0 spiro atoms. The van der Waals surface area contributed by atoms with Crippen LogP contribution in [0.15, 0.2) is 48.5 Å². The number of amides is 2. The Bertz CT molecular complexity index is 909. The van der Waals surface area contributed by atoms with E-state index < -0.39 is 12.1 Å². The summed E-state index contributed by atoms with van der Waals surface area (Å²) in [4.78, 5) is 28.9. The monoisotopic (exact) mass is 404 g/mol. The van der Waals surface area contributed by atoms with Crippen LogP contribution in [0, 0.1) is 18.8 Å². The van der Waals surface area contributed by atoms with Crippen molar-refractivity contribution in [3.8, 4) is 0 Å². The Morgan fingerprint density at radius 1 is 1.00 bits per heavy atom. The molecule has 0 saturated carbocycles. The van der Waals surface area contributed by atoms with Gasteiger partial charge in [0.1, 0.15) is 12.1 Å². The van der Waals surface area contributed by atoms with Gasteiger partial charge in [-0.05, 0) is 48.3 Å². The summed E-state index contributed by atoms with van der Waals surface area (Å²) in [6.45, 7) is 6.77. The van der Waals surface area contributed by atoms with E-state index in [1.54, 1.807) is 0 Å². The highest BCUT2D eigenvalue weighted by molar-refractivity contribution is 5.97. The molecule has 2 aromatic carbocycles. The van der Waals surface area contributed by atoms with Crippen LogP contribution in [0.25, 0.3) is 0 Å². The fourth-order valence-corrected chi connectivity index (χ4v) is 5.29. The van der Waals surface area contributed by atoms with Gasteiger partial charge < -0.3 is 10.2 Å². The Balaban J connectivity index is 1.63. The lowest BCUT2D eigenvalue weighted by Gasteiger charge is -2.43. The Hall–Kier alpha value is -2.62. The van der Waals surface area contributed by atoms with Crippen molar-refractivity contribution < 1.29 is 9.59 Å². The predicted octanol–water partition coefficient (Wildman–Crippen LogP) is 4.04. The molecule has 2 aromatic rings. The SMILES string of the molecule is CCC(CC)C1C(=O)NC(C2Cc3ccccc3C2)C(=O)N1Cc1cccc(C)c1. The largest absolute Gasteiger partial charge is 0.342 e. The van der Waals surface area contributed by atoms with Crippen LogP contribution < -0.4 is 5.32 Å². The molecule has 1 aliphatic heterocycles. The van der Waals surface area contributed by atoms with Crippen LogP contribution in [-0.2, 0) is 29.0 Å². The van der Waals surface area contributed by atoms with E-state index in [0.717, 1.165) is 31.2 Å². The molecular weight excluding hydrogens is 372 g/mol. The number of nitrogens with one attached hydrogen (secondary N) is 1. The highest BCUT2D eigenvalue weighted by Crippen LogP contribution is 2.33. The summed E-state index contributed by atoms with van der Waals surface area (Å²) in [5, 5.41) is 3.14. The van der Waals surface area contributed by atoms with Crippen LogP contribution in [-0.4, -0.2) is 28.8 Å². The maximum absolute atomic E-state index is 13.8. The van der Waals surface area contributed by atoms with Crippen LogP contribution in [0.4, 0.5) is 0 Å². The standard InChI is InChI=1S/C26H32N2O2/c1-4-19(5-2)24-25(29)27-23(22-14-20-11-6-7-12-21(20)15-22)26(30)28(24)16-18-10-8-9-17(3)13-18/h6-13,19,22-24H,4-5,14-16H2,1-3H3,(H,27,29). The average Bonchev–Trinajstić information content (AvgIpc) is 3.17. The minimum atomic E-state index is -0.444. The van der Waals surface area contributed by atoms with E-state index in [4.69, 9.17) is 0 Å². The van der Waals surface area contributed by atoms with Gasteiger partial charge in [0.15, 0.2) is 0 Å². The first-order valence-corrected chi connectivity index (χ1v) is 11.2. The molecule has 1 heterocycles. The molecule has 1 N–H and O–H groups in total. The number of fused-ring (bicyclic) bond motifs is 1. The molecule has 0 bridgehead atoms. The third-order valence-electron chi connectivity index (χ3n) is 6.94. The maximum atomic E-state index is 13.8. The summed E-state index contributed by atoms with van der Waals surface area (Å²) >= 11 is 0. The summed E-state index contributed by atoms with van der Waals surface area (Å²) in [6.07, 6.45) is 3.46. The normalized spacial score (nSPS) is 21.8. The van der Waals surface area contributed by atoms with Gasteiger partial charge in [0, 0.05) is 6.54 Å². The van der Waals surface area contributed by atoms with Crippen molar-refractivity contribution in [2.45, 2.75) is 65.1 Å². The molecule has 2 atom stereocenters. The molecule has 0 radical (unpaired) electrons. The Kier molecular flexibility index (Phi) is 5.94. The summed E-state index contributed by atoms with van der Waals surface area (Å²) < 4.78 is 0. The third-order valence-corrected chi connectivity index (χ3v) is 6.94. The zero-order valence-corrected chi connectivity index (χ0v) is 18.2. The van der Waals surface area contributed by atoms with Crippen molar-refractivity contribution in [3.63, 3.8) is 0 Å². The van der Waals surface area contributed by atoms with Crippen LogP contribution in [0.1, 0.15) is 48.9 Å². The molecule has 2 unspecified atom stereocenters. The number of hydrogen-bond donors (Lipinski definition) is 1. The van der Waals surface area contributed by atoms with Crippen molar-refractivity contribution in [3.05, 3.63) is 70.8 Å². The number of rotatable bonds is 6. The number of benzene rings is 2. The van der Waals surface area contributed by atoms with Crippen molar-refractivity contribution in [1.29, 1.82) is 0 Å². The molecule has 4 rings (SSSR count). The van der Waals surface area contributed by atoms with Gasteiger partial charge in [-0.15, -0.1) is 0 Å². The van der Waals surface area contributed by atoms with Crippen molar-refractivity contribution in [1.82, 2.24) is 10.2 Å². The summed E-state index contributed by atoms with van der Waals surface area (Å²) in [5.74, 6) is 0.379. The van der Waals surface area contributed by atoms with Crippen molar-refractivity contribution in [2.75, 3.05) is 0 Å². The maximum Gasteiger partial charge on any atom is 0.246 e. The van der Waals surface area contributed by atoms with Gasteiger partial charge >= 0.3 is 0 Å². The molecule has 2 amide bonds. The van der Waals surface area contributed by atoms with Gasteiger partial charge in [-0.2, -0.15) is 0 Å². The number of hydrogen-bond acceptors (Lipinski definition) is 2. The van der Waals surface area contributed by atoms with Gasteiger partial charge in [0.2, 0.25) is 11.8 Å². The van der Waals surface area contributed by atoms with Crippen molar-refractivity contribution >= 4 is 11.8 Å². The Labute approximate surface area is 179 Å². The van der Waals surface area contributed by atoms with Crippen LogP contribution in [0.5, 0.6) is 0 Å². The van der Waals surface area contributed by atoms with E-state index in [9.17, 15) is 9.59 Å². The average molecular weight is 405 g/mol. The first kappa shape index (κ1) is 20.6. The first-order valence-electron chi connectivity index (χ1n) is 11.2. The second-order valence-electron chi connectivity index (χ2n) is 8.90. The molecule has 1 saturated heterocycles. The van der Waals surface area contributed by atoms with Gasteiger partial charge in [0.05, 0.1) is 0 Å². The third kappa shape index (κ3) is 3.88. The summed E-state index contributed by atoms with van der Waals surface area (Å²) in [6, 6.07) is 15.8. The van der Waals surface area contributed by atoms with Gasteiger partial charge in [-0.25, -0.2) is 0 Å². The lowest BCUT2D eigenvalue weighted by molar-refractivity contribution is -0.154. The molecule has 4 nitrogen and oxygen atoms in total.